The monoisotopic (exact) mass is 201 g/mol. The van der Waals surface area contributed by atoms with Crippen LogP contribution in [-0.4, -0.2) is 30.4 Å². The number of nitrogens with one attached hydrogen (secondary N) is 2. The predicted octanol–water partition coefficient (Wildman–Crippen LogP) is -0.635. The average molecular weight is 201 g/mol. The molecular formula is C9H19N3O2. The van der Waals surface area contributed by atoms with E-state index in [-0.39, 0.29) is 17.9 Å². The quantitative estimate of drug-likeness (QED) is 0.566. The molecule has 1 atom stereocenters. The van der Waals surface area contributed by atoms with Crippen LogP contribution in [0.2, 0.25) is 0 Å². The zero-order valence-electron chi connectivity index (χ0n) is 9.18. The second-order valence-corrected chi connectivity index (χ2v) is 4.25. The summed E-state index contributed by atoms with van der Waals surface area (Å²) in [6.07, 6.45) is 0.0123. The van der Waals surface area contributed by atoms with Crippen LogP contribution in [0.1, 0.15) is 27.2 Å². The molecule has 0 bridgehead atoms. The van der Waals surface area contributed by atoms with Gasteiger partial charge in [-0.1, -0.05) is 0 Å². The van der Waals surface area contributed by atoms with Gasteiger partial charge in [-0.3, -0.25) is 9.59 Å². The molecule has 0 fully saturated rings. The van der Waals surface area contributed by atoms with Gasteiger partial charge in [0.25, 0.3) is 0 Å². The molecule has 4 N–H and O–H groups in total. The molecule has 14 heavy (non-hydrogen) atoms. The maximum atomic E-state index is 11.5. The van der Waals surface area contributed by atoms with Crippen molar-refractivity contribution in [2.75, 3.05) is 7.05 Å². The highest BCUT2D eigenvalue weighted by Crippen LogP contribution is 2.00. The van der Waals surface area contributed by atoms with E-state index in [1.54, 1.807) is 7.05 Å². The van der Waals surface area contributed by atoms with Crippen LogP contribution in [0.15, 0.2) is 0 Å². The van der Waals surface area contributed by atoms with Crippen LogP contribution in [0.5, 0.6) is 0 Å². The van der Waals surface area contributed by atoms with Crippen LogP contribution < -0.4 is 16.4 Å². The first-order chi connectivity index (χ1) is 6.26. The summed E-state index contributed by atoms with van der Waals surface area (Å²) >= 11 is 0. The van der Waals surface area contributed by atoms with Crippen LogP contribution in [0.4, 0.5) is 0 Å². The van der Waals surface area contributed by atoms with Crippen LogP contribution in [0.3, 0.4) is 0 Å². The Morgan fingerprint density at radius 2 is 1.86 bits per heavy atom. The molecule has 0 saturated heterocycles. The van der Waals surface area contributed by atoms with Gasteiger partial charge in [-0.15, -0.1) is 0 Å². The molecule has 82 valence electrons. The summed E-state index contributed by atoms with van der Waals surface area (Å²) in [5, 5.41) is 5.51. The second kappa shape index (κ2) is 4.95. The van der Waals surface area contributed by atoms with Crippen molar-refractivity contribution in [2.24, 2.45) is 5.73 Å². The van der Waals surface area contributed by atoms with E-state index in [1.807, 2.05) is 20.8 Å². The minimum atomic E-state index is -0.549. The highest BCUT2D eigenvalue weighted by Gasteiger charge is 2.22. The van der Waals surface area contributed by atoms with E-state index < -0.39 is 11.9 Å². The van der Waals surface area contributed by atoms with Crippen molar-refractivity contribution in [1.29, 1.82) is 0 Å². The molecule has 0 spiro atoms. The fraction of sp³-hybridized carbons (Fsp3) is 0.778. The normalized spacial score (nSPS) is 13.4. The zero-order chi connectivity index (χ0) is 11.4. The summed E-state index contributed by atoms with van der Waals surface area (Å²) in [4.78, 5) is 22.2. The van der Waals surface area contributed by atoms with Crippen molar-refractivity contribution in [3.8, 4) is 0 Å². The number of carbonyl (C=O) groups excluding carboxylic acids is 2. The molecule has 5 nitrogen and oxygen atoms in total. The molecule has 0 aromatic heterocycles. The maximum Gasteiger partial charge on any atom is 0.238 e. The van der Waals surface area contributed by atoms with Crippen molar-refractivity contribution in [2.45, 2.75) is 38.8 Å². The van der Waals surface area contributed by atoms with Gasteiger partial charge in [0.2, 0.25) is 11.8 Å². The molecular weight excluding hydrogens is 182 g/mol. The molecule has 0 heterocycles. The van der Waals surface area contributed by atoms with Crippen molar-refractivity contribution >= 4 is 11.8 Å². The Morgan fingerprint density at radius 1 is 1.36 bits per heavy atom. The van der Waals surface area contributed by atoms with Crippen molar-refractivity contribution < 1.29 is 9.59 Å². The molecule has 2 amide bonds. The summed E-state index contributed by atoms with van der Waals surface area (Å²) in [5.41, 5.74) is 4.71. The molecule has 5 heteroatoms. The van der Waals surface area contributed by atoms with Crippen LogP contribution in [0.25, 0.3) is 0 Å². The third kappa shape index (κ3) is 5.53. The fourth-order valence-corrected chi connectivity index (χ4v) is 0.984. The van der Waals surface area contributed by atoms with E-state index >= 15 is 0 Å². The van der Waals surface area contributed by atoms with Gasteiger partial charge in [0.1, 0.15) is 0 Å². The van der Waals surface area contributed by atoms with Gasteiger partial charge >= 0.3 is 0 Å². The molecule has 0 aromatic rings. The Labute approximate surface area is 84.4 Å². The fourth-order valence-electron chi connectivity index (χ4n) is 0.984. The highest BCUT2D eigenvalue weighted by atomic mass is 16.2. The Hall–Kier alpha value is -1.10. The number of hydrogen-bond acceptors (Lipinski definition) is 3. The van der Waals surface area contributed by atoms with E-state index in [4.69, 9.17) is 5.73 Å². The standard InChI is InChI=1S/C9H19N3O2/c1-9(2,3)12-8(14)6(11-4)5-7(10)13/h6,11H,5H2,1-4H3,(H2,10,13)(H,12,14)/t6-/m1/s1. The summed E-state index contributed by atoms with van der Waals surface area (Å²) < 4.78 is 0. The van der Waals surface area contributed by atoms with E-state index in [2.05, 4.69) is 10.6 Å². The Kier molecular flexibility index (Phi) is 4.56. The topological polar surface area (TPSA) is 84.2 Å². The first kappa shape index (κ1) is 12.9. The lowest BCUT2D eigenvalue weighted by molar-refractivity contribution is -0.128. The van der Waals surface area contributed by atoms with Crippen LogP contribution in [0, 0.1) is 0 Å². The van der Waals surface area contributed by atoms with E-state index in [1.165, 1.54) is 0 Å². The van der Waals surface area contributed by atoms with E-state index in [9.17, 15) is 9.59 Å². The zero-order valence-corrected chi connectivity index (χ0v) is 9.18. The van der Waals surface area contributed by atoms with Crippen molar-refractivity contribution in [3.63, 3.8) is 0 Å². The molecule has 0 aliphatic heterocycles. The van der Waals surface area contributed by atoms with Crippen molar-refractivity contribution in [3.05, 3.63) is 0 Å². The van der Waals surface area contributed by atoms with Gasteiger partial charge in [-0.05, 0) is 27.8 Å². The molecule has 0 rings (SSSR count). The molecule has 0 saturated carbocycles. The maximum absolute atomic E-state index is 11.5. The minimum Gasteiger partial charge on any atom is -0.370 e. The summed E-state index contributed by atoms with van der Waals surface area (Å²) in [6, 6.07) is -0.549. The van der Waals surface area contributed by atoms with Gasteiger partial charge in [0.05, 0.1) is 12.5 Å². The smallest absolute Gasteiger partial charge is 0.238 e. The lowest BCUT2D eigenvalue weighted by atomic mass is 10.1. The van der Waals surface area contributed by atoms with Gasteiger partial charge < -0.3 is 16.4 Å². The lowest BCUT2D eigenvalue weighted by Gasteiger charge is -2.24. The average Bonchev–Trinajstić information content (AvgIpc) is 1.96. The lowest BCUT2D eigenvalue weighted by Crippen LogP contribution is -2.51. The van der Waals surface area contributed by atoms with Crippen LogP contribution >= 0.6 is 0 Å². The third-order valence-electron chi connectivity index (χ3n) is 1.57. The van der Waals surface area contributed by atoms with Crippen molar-refractivity contribution in [1.82, 2.24) is 10.6 Å². The van der Waals surface area contributed by atoms with Crippen LogP contribution in [-0.2, 0) is 9.59 Å². The number of hydrogen-bond donors (Lipinski definition) is 3. The predicted molar refractivity (Wildman–Crippen MR) is 54.6 cm³/mol. The largest absolute Gasteiger partial charge is 0.370 e. The Bertz CT molecular complexity index is 221. The number of rotatable bonds is 4. The second-order valence-electron chi connectivity index (χ2n) is 4.25. The Morgan fingerprint density at radius 3 is 2.14 bits per heavy atom. The van der Waals surface area contributed by atoms with Gasteiger partial charge in [0.15, 0.2) is 0 Å². The first-order valence-corrected chi connectivity index (χ1v) is 4.54. The minimum absolute atomic E-state index is 0.0123. The first-order valence-electron chi connectivity index (χ1n) is 4.54. The van der Waals surface area contributed by atoms with E-state index in [0.29, 0.717) is 0 Å². The van der Waals surface area contributed by atoms with Gasteiger partial charge in [-0.25, -0.2) is 0 Å². The highest BCUT2D eigenvalue weighted by molar-refractivity contribution is 5.88. The molecule has 0 aliphatic carbocycles. The third-order valence-corrected chi connectivity index (χ3v) is 1.57. The number of nitrogens with two attached hydrogens (primary N) is 1. The van der Waals surface area contributed by atoms with Gasteiger partial charge in [-0.2, -0.15) is 0 Å². The summed E-state index contributed by atoms with van der Waals surface area (Å²) in [6.45, 7) is 5.63. The molecule has 0 aromatic carbocycles. The molecule has 0 unspecified atom stereocenters. The molecule has 0 radical (unpaired) electrons. The van der Waals surface area contributed by atoms with Gasteiger partial charge in [0, 0.05) is 5.54 Å². The number of amides is 2. The number of primary amides is 1. The molecule has 0 aliphatic rings. The Balaban J connectivity index is 4.25. The number of likely N-dealkylation sites (N-methyl/N-ethyl adjacent to an activating group) is 1. The summed E-state index contributed by atoms with van der Waals surface area (Å²) in [7, 11) is 1.62. The van der Waals surface area contributed by atoms with E-state index in [0.717, 1.165) is 0 Å². The number of carbonyl (C=O) groups is 2. The SMILES string of the molecule is CN[C@H](CC(N)=O)C(=O)NC(C)(C)C. The summed E-state index contributed by atoms with van der Waals surface area (Å²) in [5.74, 6) is -0.702.